The van der Waals surface area contributed by atoms with Crippen molar-refractivity contribution in [1.29, 1.82) is 0 Å². The molecule has 1 heteroatoms. The number of hydrogen-bond acceptors (Lipinski definition) is 0. The average molecular weight is 319 g/mol. The maximum absolute atomic E-state index is 4.31. The van der Waals surface area contributed by atoms with Gasteiger partial charge < -0.3 is 0 Å². The molecule has 0 spiro atoms. The highest BCUT2D eigenvalue weighted by Crippen LogP contribution is 2.19. The van der Waals surface area contributed by atoms with Crippen LogP contribution in [0.15, 0.2) is 23.5 Å². The molecule has 0 fully saturated rings. The number of allylic oxidation sites excluding steroid dienone is 3. The SMILES string of the molecule is CCCCCCCCCCCCCCCCCC1=C(C)[N]C=C1. The molecule has 23 heavy (non-hydrogen) atoms. The van der Waals surface area contributed by atoms with Crippen LogP contribution in [0.2, 0.25) is 0 Å². The van der Waals surface area contributed by atoms with Gasteiger partial charge in [-0.3, -0.25) is 5.32 Å². The smallest absolute Gasteiger partial charge is 0.0405 e. The Morgan fingerprint density at radius 3 is 1.48 bits per heavy atom. The van der Waals surface area contributed by atoms with Crippen LogP contribution in [0.3, 0.4) is 0 Å². The molecule has 0 aromatic heterocycles. The van der Waals surface area contributed by atoms with Crippen LogP contribution < -0.4 is 5.32 Å². The highest BCUT2D eigenvalue weighted by atomic mass is 14.9. The van der Waals surface area contributed by atoms with Gasteiger partial charge in [0.05, 0.1) is 0 Å². The Morgan fingerprint density at radius 1 is 0.652 bits per heavy atom. The van der Waals surface area contributed by atoms with Crippen molar-refractivity contribution >= 4 is 0 Å². The minimum absolute atomic E-state index is 1.23. The Kier molecular flexibility index (Phi) is 13.1. The fraction of sp³-hybridized carbons (Fsp3) is 0.818. The number of rotatable bonds is 16. The Bertz CT molecular complexity index is 327. The third-order valence-corrected chi connectivity index (χ3v) is 5.06. The number of unbranched alkanes of at least 4 members (excludes halogenated alkanes) is 14. The van der Waals surface area contributed by atoms with E-state index in [1.807, 2.05) is 6.20 Å². The largest absolute Gasteiger partial charge is 0.261 e. The van der Waals surface area contributed by atoms with Gasteiger partial charge in [0.1, 0.15) is 0 Å². The summed E-state index contributed by atoms with van der Waals surface area (Å²) in [4.78, 5) is 0. The normalized spacial score (nSPS) is 13.8. The fourth-order valence-electron chi connectivity index (χ4n) is 3.39. The molecule has 0 unspecified atom stereocenters. The molecular formula is C22H40N. The number of nitrogens with zero attached hydrogens (tertiary/aromatic N) is 1. The second-order valence-corrected chi connectivity index (χ2v) is 7.26. The fourth-order valence-corrected chi connectivity index (χ4v) is 3.39. The topological polar surface area (TPSA) is 14.1 Å². The first kappa shape index (κ1) is 20.3. The van der Waals surface area contributed by atoms with Gasteiger partial charge >= 0.3 is 0 Å². The van der Waals surface area contributed by atoms with Gasteiger partial charge in [0.15, 0.2) is 0 Å². The maximum Gasteiger partial charge on any atom is 0.0405 e. The van der Waals surface area contributed by atoms with E-state index >= 15 is 0 Å². The molecule has 1 aliphatic heterocycles. The minimum Gasteiger partial charge on any atom is -0.261 e. The zero-order valence-corrected chi connectivity index (χ0v) is 15.9. The van der Waals surface area contributed by atoms with E-state index in [4.69, 9.17) is 0 Å². The van der Waals surface area contributed by atoms with Gasteiger partial charge in [-0.05, 0) is 31.4 Å². The van der Waals surface area contributed by atoms with E-state index in [-0.39, 0.29) is 0 Å². The van der Waals surface area contributed by atoms with Gasteiger partial charge in [0, 0.05) is 11.9 Å². The highest BCUT2D eigenvalue weighted by Gasteiger charge is 2.04. The molecule has 133 valence electrons. The first-order valence-electron chi connectivity index (χ1n) is 10.4. The molecule has 1 nitrogen and oxygen atoms in total. The van der Waals surface area contributed by atoms with Crippen molar-refractivity contribution in [2.75, 3.05) is 0 Å². The molecule has 0 atom stereocenters. The van der Waals surface area contributed by atoms with Crippen LogP contribution in [0.1, 0.15) is 117 Å². The van der Waals surface area contributed by atoms with E-state index in [9.17, 15) is 0 Å². The van der Waals surface area contributed by atoms with Gasteiger partial charge in [0.25, 0.3) is 0 Å². The molecule has 0 saturated carbocycles. The molecule has 0 N–H and O–H groups in total. The second kappa shape index (κ2) is 14.8. The minimum atomic E-state index is 1.23. The molecule has 0 amide bonds. The van der Waals surface area contributed by atoms with E-state index in [1.165, 1.54) is 114 Å². The monoisotopic (exact) mass is 318 g/mol. The quantitative estimate of drug-likeness (QED) is 0.259. The Labute approximate surface area is 146 Å². The maximum atomic E-state index is 4.31. The molecule has 0 aromatic rings. The summed E-state index contributed by atoms with van der Waals surface area (Å²) in [5.41, 5.74) is 2.69. The summed E-state index contributed by atoms with van der Waals surface area (Å²) < 4.78 is 0. The van der Waals surface area contributed by atoms with Crippen molar-refractivity contribution < 1.29 is 0 Å². The molecule has 0 aliphatic carbocycles. The first-order valence-corrected chi connectivity index (χ1v) is 10.4. The lowest BCUT2D eigenvalue weighted by atomic mass is 10.0. The molecular weight excluding hydrogens is 278 g/mol. The summed E-state index contributed by atoms with van der Waals surface area (Å²) in [6.07, 6.45) is 26.9. The highest BCUT2D eigenvalue weighted by molar-refractivity contribution is 5.29. The van der Waals surface area contributed by atoms with Gasteiger partial charge in [-0.15, -0.1) is 0 Å². The van der Waals surface area contributed by atoms with Crippen molar-refractivity contribution in [3.05, 3.63) is 23.5 Å². The lowest BCUT2D eigenvalue weighted by Crippen LogP contribution is -1.89. The summed E-state index contributed by atoms with van der Waals surface area (Å²) >= 11 is 0. The molecule has 0 saturated heterocycles. The van der Waals surface area contributed by atoms with Crippen LogP contribution in [0.5, 0.6) is 0 Å². The van der Waals surface area contributed by atoms with E-state index < -0.39 is 0 Å². The van der Waals surface area contributed by atoms with Crippen molar-refractivity contribution in [1.82, 2.24) is 5.32 Å². The van der Waals surface area contributed by atoms with Gasteiger partial charge in [0.2, 0.25) is 0 Å². The zero-order valence-electron chi connectivity index (χ0n) is 15.9. The summed E-state index contributed by atoms with van der Waals surface area (Å²) in [6.45, 7) is 4.42. The van der Waals surface area contributed by atoms with E-state index in [0.717, 1.165) is 0 Å². The van der Waals surface area contributed by atoms with Gasteiger partial charge in [-0.2, -0.15) is 0 Å². The predicted octanol–water partition coefficient (Wildman–Crippen LogP) is 7.65. The molecule has 1 heterocycles. The third-order valence-electron chi connectivity index (χ3n) is 5.06. The van der Waals surface area contributed by atoms with Gasteiger partial charge in [-0.25, -0.2) is 0 Å². The Morgan fingerprint density at radius 2 is 1.09 bits per heavy atom. The van der Waals surface area contributed by atoms with Crippen molar-refractivity contribution in [2.24, 2.45) is 0 Å². The molecule has 1 radical (unpaired) electrons. The average Bonchev–Trinajstić information content (AvgIpc) is 2.96. The molecule has 0 aromatic carbocycles. The van der Waals surface area contributed by atoms with E-state index in [0.29, 0.717) is 0 Å². The van der Waals surface area contributed by atoms with Crippen LogP contribution in [-0.2, 0) is 0 Å². The summed E-state index contributed by atoms with van der Waals surface area (Å²) in [5, 5.41) is 4.31. The summed E-state index contributed by atoms with van der Waals surface area (Å²) in [6, 6.07) is 0. The van der Waals surface area contributed by atoms with Crippen molar-refractivity contribution in [3.8, 4) is 0 Å². The van der Waals surface area contributed by atoms with Crippen LogP contribution in [0.25, 0.3) is 0 Å². The van der Waals surface area contributed by atoms with Crippen molar-refractivity contribution in [3.63, 3.8) is 0 Å². The van der Waals surface area contributed by atoms with E-state index in [1.54, 1.807) is 0 Å². The second-order valence-electron chi connectivity index (χ2n) is 7.26. The third kappa shape index (κ3) is 11.5. The van der Waals surface area contributed by atoms with Crippen LogP contribution >= 0.6 is 0 Å². The Hall–Kier alpha value is -0.720. The standard InChI is InChI=1S/C22H40N/c1-3-4-5-6-7-8-9-10-11-12-13-14-15-16-17-18-22-19-20-23-21(22)2/h19-20H,3-18H2,1-2H3. The summed E-state index contributed by atoms with van der Waals surface area (Å²) in [7, 11) is 0. The Balaban J connectivity index is 1.72. The van der Waals surface area contributed by atoms with Crippen LogP contribution in [-0.4, -0.2) is 0 Å². The molecule has 1 aliphatic rings. The molecule has 1 rings (SSSR count). The molecule has 0 bridgehead atoms. The van der Waals surface area contributed by atoms with Crippen LogP contribution in [0, 0.1) is 0 Å². The van der Waals surface area contributed by atoms with Gasteiger partial charge in [-0.1, -0.05) is 96.8 Å². The first-order chi connectivity index (χ1) is 11.3. The van der Waals surface area contributed by atoms with E-state index in [2.05, 4.69) is 25.2 Å². The lowest BCUT2D eigenvalue weighted by molar-refractivity contribution is 0.532. The summed E-state index contributed by atoms with van der Waals surface area (Å²) in [5.74, 6) is 0. The van der Waals surface area contributed by atoms with Crippen molar-refractivity contribution in [2.45, 2.75) is 117 Å². The zero-order chi connectivity index (χ0) is 16.6. The van der Waals surface area contributed by atoms with Crippen LogP contribution in [0.4, 0.5) is 0 Å². The number of hydrogen-bond donors (Lipinski definition) is 0. The predicted molar refractivity (Wildman–Crippen MR) is 104 cm³/mol. The lowest BCUT2D eigenvalue weighted by Gasteiger charge is -2.04.